The fourth-order valence-corrected chi connectivity index (χ4v) is 4.13. The van der Waals surface area contributed by atoms with Crippen molar-refractivity contribution in [3.63, 3.8) is 0 Å². The number of piperazine rings is 1. The van der Waals surface area contributed by atoms with E-state index in [9.17, 15) is 9.59 Å². The highest BCUT2D eigenvalue weighted by molar-refractivity contribution is 5.85. The van der Waals surface area contributed by atoms with E-state index < -0.39 is 0 Å². The Morgan fingerprint density at radius 2 is 1.71 bits per heavy atom. The summed E-state index contributed by atoms with van der Waals surface area (Å²) in [6, 6.07) is 9.52. The highest BCUT2D eigenvalue weighted by atomic mass is 16.5. The van der Waals surface area contributed by atoms with Crippen LogP contribution in [0.3, 0.4) is 0 Å². The van der Waals surface area contributed by atoms with Gasteiger partial charge in [-0.1, -0.05) is 20.8 Å². The van der Waals surface area contributed by atoms with Crippen molar-refractivity contribution in [1.29, 1.82) is 0 Å². The number of nitrogens with zero attached hydrogens (tertiary/aromatic N) is 5. The first-order chi connectivity index (χ1) is 16.9. The molecule has 1 aliphatic heterocycles. The molecule has 0 spiro atoms. The minimum Gasteiger partial charge on any atom is -0.493 e. The van der Waals surface area contributed by atoms with Crippen molar-refractivity contribution in [3.05, 3.63) is 30.3 Å². The molecule has 0 saturated carbocycles. The number of methoxy groups -OCH3 is 2. The topological polar surface area (TPSA) is 88.1 Å². The molecule has 35 heavy (non-hydrogen) atoms. The van der Waals surface area contributed by atoms with E-state index >= 15 is 0 Å². The average molecular weight is 484 g/mol. The van der Waals surface area contributed by atoms with E-state index in [4.69, 9.17) is 9.47 Å². The van der Waals surface area contributed by atoms with E-state index in [0.717, 1.165) is 23.5 Å². The third kappa shape index (κ3) is 6.83. The second-order valence-electron chi connectivity index (χ2n) is 9.13. The quantitative estimate of drug-likeness (QED) is 0.513. The molecule has 9 heteroatoms. The molecule has 0 radical (unpaired) electrons. The Balaban J connectivity index is 1.57. The van der Waals surface area contributed by atoms with Crippen LogP contribution in [0.4, 0.5) is 5.82 Å². The first-order valence-corrected chi connectivity index (χ1v) is 12.2. The first kappa shape index (κ1) is 26.2. The van der Waals surface area contributed by atoms with Gasteiger partial charge in [-0.05, 0) is 42.7 Å². The van der Waals surface area contributed by atoms with Gasteiger partial charge < -0.3 is 24.2 Å². The van der Waals surface area contributed by atoms with Crippen LogP contribution in [0.1, 0.15) is 33.6 Å². The van der Waals surface area contributed by atoms with Gasteiger partial charge in [0.05, 0.1) is 26.5 Å². The van der Waals surface area contributed by atoms with Crippen molar-refractivity contribution in [1.82, 2.24) is 20.0 Å². The predicted octanol–water partition coefficient (Wildman–Crippen LogP) is 3.09. The van der Waals surface area contributed by atoms with Crippen molar-refractivity contribution in [2.75, 3.05) is 58.4 Å². The van der Waals surface area contributed by atoms with Gasteiger partial charge in [0.1, 0.15) is 0 Å². The van der Waals surface area contributed by atoms with Crippen LogP contribution in [0, 0.1) is 5.92 Å². The van der Waals surface area contributed by atoms with E-state index in [1.54, 1.807) is 19.1 Å². The van der Waals surface area contributed by atoms with Gasteiger partial charge in [0.2, 0.25) is 11.8 Å². The summed E-state index contributed by atoms with van der Waals surface area (Å²) in [5.74, 6) is 2.42. The molecule has 2 amide bonds. The summed E-state index contributed by atoms with van der Waals surface area (Å²) >= 11 is 0. The van der Waals surface area contributed by atoms with E-state index in [0.29, 0.717) is 50.6 Å². The SMILES string of the molecule is CCCN(CC(=O)N1CCN(c2ccc(-c3ccc(OC)c(OC)c3)nn2)CC1)C(=O)CC(C)C. The monoisotopic (exact) mass is 483 g/mol. The average Bonchev–Trinajstić information content (AvgIpc) is 2.87. The Morgan fingerprint density at radius 3 is 2.29 bits per heavy atom. The van der Waals surface area contributed by atoms with E-state index in [2.05, 4.69) is 15.1 Å². The van der Waals surface area contributed by atoms with Gasteiger partial charge in [-0.3, -0.25) is 9.59 Å². The normalized spacial score (nSPS) is 13.7. The minimum absolute atomic E-state index is 0.00471. The van der Waals surface area contributed by atoms with Crippen molar-refractivity contribution in [3.8, 4) is 22.8 Å². The summed E-state index contributed by atoms with van der Waals surface area (Å²) in [6.07, 6.45) is 1.31. The molecule has 3 rings (SSSR count). The van der Waals surface area contributed by atoms with Crippen molar-refractivity contribution in [2.24, 2.45) is 5.92 Å². The molecular formula is C26H37N5O4. The molecule has 1 aromatic heterocycles. The number of amides is 2. The van der Waals surface area contributed by atoms with Crippen molar-refractivity contribution in [2.45, 2.75) is 33.6 Å². The first-order valence-electron chi connectivity index (χ1n) is 12.2. The van der Waals surface area contributed by atoms with Crippen LogP contribution in [0.25, 0.3) is 11.3 Å². The molecule has 0 atom stereocenters. The molecule has 2 aromatic rings. The second-order valence-corrected chi connectivity index (χ2v) is 9.13. The zero-order valence-electron chi connectivity index (χ0n) is 21.5. The van der Waals surface area contributed by atoms with Gasteiger partial charge in [-0.15, -0.1) is 10.2 Å². The maximum Gasteiger partial charge on any atom is 0.242 e. The smallest absolute Gasteiger partial charge is 0.242 e. The minimum atomic E-state index is 0.00471. The van der Waals surface area contributed by atoms with Crippen molar-refractivity contribution >= 4 is 17.6 Å². The molecular weight excluding hydrogens is 446 g/mol. The summed E-state index contributed by atoms with van der Waals surface area (Å²) in [7, 11) is 3.21. The van der Waals surface area contributed by atoms with Crippen LogP contribution in [-0.2, 0) is 9.59 Å². The number of hydrogen-bond donors (Lipinski definition) is 0. The molecule has 1 fully saturated rings. The number of carbonyl (C=O) groups excluding carboxylic acids is 2. The van der Waals surface area contributed by atoms with Gasteiger partial charge in [0.25, 0.3) is 0 Å². The summed E-state index contributed by atoms with van der Waals surface area (Å²) in [5.41, 5.74) is 1.63. The van der Waals surface area contributed by atoms with Crippen LogP contribution in [-0.4, -0.2) is 85.3 Å². The molecule has 0 bridgehead atoms. The maximum absolute atomic E-state index is 12.9. The molecule has 9 nitrogen and oxygen atoms in total. The van der Waals surface area contributed by atoms with Crippen LogP contribution in [0.5, 0.6) is 11.5 Å². The zero-order valence-corrected chi connectivity index (χ0v) is 21.5. The predicted molar refractivity (Wildman–Crippen MR) is 136 cm³/mol. The van der Waals surface area contributed by atoms with Gasteiger partial charge in [-0.25, -0.2) is 0 Å². The maximum atomic E-state index is 12.9. The lowest BCUT2D eigenvalue weighted by Gasteiger charge is -2.36. The highest BCUT2D eigenvalue weighted by Crippen LogP contribution is 2.31. The lowest BCUT2D eigenvalue weighted by atomic mass is 10.1. The van der Waals surface area contributed by atoms with E-state index in [1.807, 2.05) is 56.0 Å². The van der Waals surface area contributed by atoms with Crippen LogP contribution >= 0.6 is 0 Å². The van der Waals surface area contributed by atoms with Gasteiger partial charge in [-0.2, -0.15) is 0 Å². The Hall–Kier alpha value is -3.36. The van der Waals surface area contributed by atoms with E-state index in [1.165, 1.54) is 0 Å². The Kier molecular flexibility index (Phi) is 9.28. The van der Waals surface area contributed by atoms with Gasteiger partial charge >= 0.3 is 0 Å². The highest BCUT2D eigenvalue weighted by Gasteiger charge is 2.25. The van der Waals surface area contributed by atoms with E-state index in [-0.39, 0.29) is 24.3 Å². The lowest BCUT2D eigenvalue weighted by molar-refractivity contribution is -0.141. The molecule has 0 aliphatic carbocycles. The third-order valence-electron chi connectivity index (χ3n) is 6.04. The second kappa shape index (κ2) is 12.4. The van der Waals surface area contributed by atoms with Crippen LogP contribution < -0.4 is 14.4 Å². The number of rotatable bonds is 10. The Labute approximate surface area is 208 Å². The van der Waals surface area contributed by atoms with Crippen molar-refractivity contribution < 1.29 is 19.1 Å². The molecule has 0 N–H and O–H groups in total. The molecule has 2 heterocycles. The summed E-state index contributed by atoms with van der Waals surface area (Å²) < 4.78 is 10.7. The molecule has 0 unspecified atom stereocenters. The number of anilines is 1. The van der Waals surface area contributed by atoms with Crippen LogP contribution in [0.15, 0.2) is 30.3 Å². The number of benzene rings is 1. The molecule has 1 aliphatic rings. The zero-order chi connectivity index (χ0) is 25.4. The largest absolute Gasteiger partial charge is 0.493 e. The van der Waals surface area contributed by atoms with Crippen LogP contribution in [0.2, 0.25) is 0 Å². The molecule has 1 aromatic carbocycles. The lowest BCUT2D eigenvalue weighted by Crippen LogP contribution is -2.52. The standard InChI is InChI=1S/C26H37N5O4/c1-6-11-31(25(32)16-19(2)3)18-26(33)30-14-12-29(13-15-30)24-10-8-21(27-28-24)20-7-9-22(34-4)23(17-20)35-5/h7-10,17,19H,6,11-16,18H2,1-5H3. The number of ether oxygens (including phenoxy) is 2. The third-order valence-corrected chi connectivity index (χ3v) is 6.04. The number of hydrogen-bond acceptors (Lipinski definition) is 7. The van der Waals surface area contributed by atoms with Gasteiger partial charge in [0.15, 0.2) is 17.3 Å². The fourth-order valence-electron chi connectivity index (χ4n) is 4.13. The Morgan fingerprint density at radius 1 is 1.00 bits per heavy atom. The Bertz CT molecular complexity index is 988. The fraction of sp³-hybridized carbons (Fsp3) is 0.538. The molecule has 190 valence electrons. The molecule has 1 saturated heterocycles. The van der Waals surface area contributed by atoms with Gasteiger partial charge in [0, 0.05) is 44.7 Å². The number of carbonyl (C=O) groups is 2. The summed E-state index contributed by atoms with van der Waals surface area (Å²) in [4.78, 5) is 31.1. The number of aromatic nitrogens is 2. The summed E-state index contributed by atoms with van der Waals surface area (Å²) in [6.45, 7) is 9.35. The summed E-state index contributed by atoms with van der Waals surface area (Å²) in [5, 5.41) is 8.82.